The minimum absolute atomic E-state index is 0.0309. The first-order chi connectivity index (χ1) is 14.9. The molecule has 1 saturated heterocycles. The van der Waals surface area contributed by atoms with E-state index in [1.54, 1.807) is 11.1 Å². The highest BCUT2D eigenvalue weighted by atomic mass is 35.5. The summed E-state index contributed by atoms with van der Waals surface area (Å²) in [6.07, 6.45) is 6.81. The second kappa shape index (κ2) is 8.93. The number of carbonyl (C=O) groups is 1. The molecule has 1 aliphatic heterocycles. The van der Waals surface area contributed by atoms with Gasteiger partial charge >= 0.3 is 0 Å². The molecular weight excluding hydrogens is 418 g/mol. The first-order valence-electron chi connectivity index (χ1n) is 10.3. The van der Waals surface area contributed by atoms with Crippen LogP contribution in [0.25, 0.3) is 11.0 Å². The van der Waals surface area contributed by atoms with Crippen LogP contribution in [0, 0.1) is 5.92 Å². The lowest BCUT2D eigenvalue weighted by Gasteiger charge is -2.32. The number of nitrogens with zero attached hydrogens (tertiary/aromatic N) is 6. The number of H-pyrrole nitrogens is 1. The third-order valence-corrected chi connectivity index (χ3v) is 5.34. The third kappa shape index (κ3) is 4.79. The van der Waals surface area contributed by atoms with Crippen molar-refractivity contribution >= 4 is 46.0 Å². The molecule has 31 heavy (non-hydrogen) atoms. The predicted molar refractivity (Wildman–Crippen MR) is 120 cm³/mol. The highest BCUT2D eigenvalue weighted by molar-refractivity contribution is 6.35. The zero-order valence-corrected chi connectivity index (χ0v) is 18.4. The third-order valence-electron chi connectivity index (χ3n) is 5.07. The molecule has 0 radical (unpaired) electrons. The zero-order valence-electron chi connectivity index (χ0n) is 17.6. The maximum absolute atomic E-state index is 12.0. The molecule has 0 aliphatic carbocycles. The summed E-state index contributed by atoms with van der Waals surface area (Å²) in [6, 6.07) is 0.0309. The number of nitrogens with one attached hydrogen (secondary N) is 3. The Kier molecular flexibility index (Phi) is 6.08. The molecule has 1 amide bonds. The molecule has 3 N–H and O–H groups in total. The summed E-state index contributed by atoms with van der Waals surface area (Å²) in [6.45, 7) is 9.98. The van der Waals surface area contributed by atoms with Crippen LogP contribution in [0.4, 0.5) is 17.5 Å². The molecule has 0 unspecified atom stereocenters. The largest absolute Gasteiger partial charge is 0.365 e. The van der Waals surface area contributed by atoms with Gasteiger partial charge in [0, 0.05) is 31.9 Å². The molecule has 3 aromatic rings. The van der Waals surface area contributed by atoms with Crippen LogP contribution >= 0.6 is 11.6 Å². The molecular formula is C20H26ClN9O. The van der Waals surface area contributed by atoms with E-state index in [9.17, 15) is 4.79 Å². The zero-order chi connectivity index (χ0) is 22.0. The van der Waals surface area contributed by atoms with Crippen molar-refractivity contribution in [3.05, 3.63) is 30.2 Å². The minimum atomic E-state index is -0.0681. The Morgan fingerprint density at radius 3 is 3.06 bits per heavy atom. The number of fused-ring (bicyclic) bond motifs is 1. The van der Waals surface area contributed by atoms with Crippen molar-refractivity contribution in [3.63, 3.8) is 0 Å². The second-order valence-corrected chi connectivity index (χ2v) is 8.43. The predicted octanol–water partition coefficient (Wildman–Crippen LogP) is 3.19. The van der Waals surface area contributed by atoms with Crippen LogP contribution in [0.15, 0.2) is 25.0 Å². The van der Waals surface area contributed by atoms with Crippen LogP contribution in [0.3, 0.4) is 0 Å². The van der Waals surface area contributed by atoms with Gasteiger partial charge in [-0.25, -0.2) is 0 Å². The number of carbonyl (C=O) groups excluding carboxylic acids is 1. The molecule has 1 fully saturated rings. The number of anilines is 3. The minimum Gasteiger partial charge on any atom is -0.365 e. The van der Waals surface area contributed by atoms with E-state index >= 15 is 0 Å². The van der Waals surface area contributed by atoms with E-state index in [1.165, 1.54) is 6.08 Å². The van der Waals surface area contributed by atoms with Gasteiger partial charge in [-0.1, -0.05) is 32.0 Å². The monoisotopic (exact) mass is 443 g/mol. The van der Waals surface area contributed by atoms with E-state index in [2.05, 4.69) is 56.3 Å². The van der Waals surface area contributed by atoms with Crippen molar-refractivity contribution in [3.8, 4) is 0 Å². The van der Waals surface area contributed by atoms with Crippen LogP contribution in [-0.4, -0.2) is 59.9 Å². The highest BCUT2D eigenvalue weighted by Crippen LogP contribution is 2.29. The fourth-order valence-corrected chi connectivity index (χ4v) is 3.93. The topological polar surface area (TPSA) is 117 Å². The fourth-order valence-electron chi connectivity index (χ4n) is 3.70. The molecule has 10 nitrogen and oxygen atoms in total. The van der Waals surface area contributed by atoms with Gasteiger partial charge in [0.15, 0.2) is 10.8 Å². The number of aromatic amines is 1. The van der Waals surface area contributed by atoms with Crippen molar-refractivity contribution < 1.29 is 4.79 Å². The van der Waals surface area contributed by atoms with E-state index in [0.717, 1.165) is 31.6 Å². The molecule has 0 aromatic carbocycles. The smallest absolute Gasteiger partial charge is 0.246 e. The Balaban J connectivity index is 1.57. The van der Waals surface area contributed by atoms with Gasteiger partial charge in [-0.05, 0) is 24.8 Å². The quantitative estimate of drug-likeness (QED) is 0.480. The number of piperidine rings is 1. The Morgan fingerprint density at radius 1 is 1.45 bits per heavy atom. The van der Waals surface area contributed by atoms with Crippen LogP contribution in [0.1, 0.15) is 26.7 Å². The van der Waals surface area contributed by atoms with E-state index in [4.69, 9.17) is 11.6 Å². The molecule has 1 atom stereocenters. The van der Waals surface area contributed by atoms with Gasteiger partial charge in [0.05, 0.1) is 11.9 Å². The standard InChI is InChI=1S/C20H26ClN9O/c1-4-15(31)29-7-5-6-13(10-29)23-18-16-17(21)27-28-19(16)26-20(25-18)24-14-8-22-30(11-14)9-12(2)3/h4,8,11-13H,1,5-7,9-10H2,2-3H3,(H3,23,24,25,26,27,28)/t13-/m1/s1. The summed E-state index contributed by atoms with van der Waals surface area (Å²) >= 11 is 6.29. The molecule has 0 saturated carbocycles. The number of hydrogen-bond acceptors (Lipinski definition) is 7. The van der Waals surface area contributed by atoms with Gasteiger partial charge in [-0.2, -0.15) is 20.2 Å². The summed E-state index contributed by atoms with van der Waals surface area (Å²) < 4.78 is 1.88. The van der Waals surface area contributed by atoms with Crippen LogP contribution in [0.5, 0.6) is 0 Å². The average molecular weight is 444 g/mol. The van der Waals surface area contributed by atoms with Gasteiger partial charge in [0.25, 0.3) is 0 Å². The van der Waals surface area contributed by atoms with Crippen LogP contribution in [-0.2, 0) is 11.3 Å². The van der Waals surface area contributed by atoms with Crippen molar-refractivity contribution in [2.24, 2.45) is 5.92 Å². The maximum Gasteiger partial charge on any atom is 0.246 e. The molecule has 4 heterocycles. The SMILES string of the molecule is C=CC(=O)N1CCC[C@@H](Nc2nc(Nc3cnn(CC(C)C)c3)nc3[nH]nc(Cl)c23)C1. The van der Waals surface area contributed by atoms with E-state index in [1.807, 2.05) is 10.9 Å². The first-order valence-corrected chi connectivity index (χ1v) is 10.7. The Morgan fingerprint density at radius 2 is 2.29 bits per heavy atom. The van der Waals surface area contributed by atoms with Gasteiger partial charge in [-0.15, -0.1) is 0 Å². The number of hydrogen-bond donors (Lipinski definition) is 3. The Bertz CT molecular complexity index is 1090. The molecule has 3 aromatic heterocycles. The van der Waals surface area contributed by atoms with Crippen molar-refractivity contribution in [2.45, 2.75) is 39.3 Å². The van der Waals surface area contributed by atoms with Gasteiger partial charge in [0.2, 0.25) is 11.9 Å². The molecule has 164 valence electrons. The van der Waals surface area contributed by atoms with Gasteiger partial charge in [-0.3, -0.25) is 14.6 Å². The molecule has 0 bridgehead atoms. The highest BCUT2D eigenvalue weighted by Gasteiger charge is 2.24. The normalized spacial score (nSPS) is 16.6. The maximum atomic E-state index is 12.0. The number of likely N-dealkylation sites (tertiary alicyclic amines) is 1. The number of amides is 1. The number of rotatable bonds is 7. The fraction of sp³-hybridized carbons (Fsp3) is 0.450. The molecule has 11 heteroatoms. The summed E-state index contributed by atoms with van der Waals surface area (Å²) in [5.41, 5.74) is 1.31. The number of aromatic nitrogens is 6. The second-order valence-electron chi connectivity index (χ2n) is 8.08. The summed E-state index contributed by atoms with van der Waals surface area (Å²) in [7, 11) is 0. The summed E-state index contributed by atoms with van der Waals surface area (Å²) in [5, 5.41) is 18.8. The van der Waals surface area contributed by atoms with Crippen molar-refractivity contribution in [1.82, 2.24) is 34.8 Å². The molecule has 1 aliphatic rings. The Labute approximate surface area is 185 Å². The summed E-state index contributed by atoms with van der Waals surface area (Å²) in [5.74, 6) is 1.39. The van der Waals surface area contributed by atoms with E-state index < -0.39 is 0 Å². The molecule has 4 rings (SSSR count). The first kappa shape index (κ1) is 21.1. The van der Waals surface area contributed by atoms with Crippen LogP contribution in [0.2, 0.25) is 5.15 Å². The van der Waals surface area contributed by atoms with E-state index in [0.29, 0.717) is 40.4 Å². The lowest BCUT2D eigenvalue weighted by molar-refractivity contribution is -0.127. The number of halogens is 1. The Hall–Kier alpha value is -3.14. The van der Waals surface area contributed by atoms with Crippen molar-refractivity contribution in [1.29, 1.82) is 0 Å². The van der Waals surface area contributed by atoms with Gasteiger partial charge in [0.1, 0.15) is 11.2 Å². The average Bonchev–Trinajstić information content (AvgIpc) is 3.33. The molecule has 0 spiro atoms. The van der Waals surface area contributed by atoms with E-state index in [-0.39, 0.29) is 11.9 Å². The lowest BCUT2D eigenvalue weighted by atomic mass is 10.1. The van der Waals surface area contributed by atoms with Crippen LogP contribution < -0.4 is 10.6 Å². The van der Waals surface area contributed by atoms with Crippen molar-refractivity contribution in [2.75, 3.05) is 23.7 Å². The summed E-state index contributed by atoms with van der Waals surface area (Å²) in [4.78, 5) is 22.9. The lowest BCUT2D eigenvalue weighted by Crippen LogP contribution is -2.44. The van der Waals surface area contributed by atoms with Gasteiger partial charge < -0.3 is 15.5 Å².